The zero-order valence-corrected chi connectivity index (χ0v) is 8.19. The number of hydrogen-bond acceptors (Lipinski definition) is 2. The molecule has 3 heteroatoms. The van der Waals surface area contributed by atoms with Crippen LogP contribution in [0.5, 0.6) is 0 Å². The highest BCUT2D eigenvalue weighted by molar-refractivity contribution is 6.09. The zero-order valence-electron chi connectivity index (χ0n) is 8.19. The number of hydrogen-bond donors (Lipinski definition) is 1. The fraction of sp³-hybridized carbons (Fsp3) is 0.167. The fourth-order valence-corrected chi connectivity index (χ4v) is 1.52. The molecule has 1 heterocycles. The highest BCUT2D eigenvalue weighted by Crippen LogP contribution is 2.15. The van der Waals surface area contributed by atoms with Crippen molar-refractivity contribution in [2.45, 2.75) is 12.8 Å². The van der Waals surface area contributed by atoms with Crippen molar-refractivity contribution in [2.75, 3.05) is 0 Å². The van der Waals surface area contributed by atoms with E-state index >= 15 is 0 Å². The summed E-state index contributed by atoms with van der Waals surface area (Å²) < 4.78 is 0. The van der Waals surface area contributed by atoms with E-state index in [9.17, 15) is 9.59 Å². The van der Waals surface area contributed by atoms with Gasteiger partial charge in [-0.25, -0.2) is 0 Å². The standard InChI is InChI=1S/C12H11NO2/c14-11-7-6-10(12(15)13-11)8-9-4-2-1-3-5-9/h1-5,8H,6-7H2,(H,13,14,15). The van der Waals surface area contributed by atoms with Crippen molar-refractivity contribution < 1.29 is 9.59 Å². The molecule has 0 aliphatic carbocycles. The quantitative estimate of drug-likeness (QED) is 0.553. The molecule has 0 spiro atoms. The Labute approximate surface area is 87.8 Å². The summed E-state index contributed by atoms with van der Waals surface area (Å²) in [6, 6.07) is 9.61. The molecule has 15 heavy (non-hydrogen) atoms. The maximum atomic E-state index is 11.4. The lowest BCUT2D eigenvalue weighted by Gasteiger charge is -2.13. The van der Waals surface area contributed by atoms with E-state index in [1.807, 2.05) is 36.4 Å². The van der Waals surface area contributed by atoms with Gasteiger partial charge in [-0.15, -0.1) is 0 Å². The van der Waals surface area contributed by atoms with E-state index in [1.165, 1.54) is 0 Å². The molecular weight excluding hydrogens is 190 g/mol. The average Bonchev–Trinajstić information content (AvgIpc) is 2.24. The van der Waals surface area contributed by atoms with E-state index in [4.69, 9.17) is 0 Å². The van der Waals surface area contributed by atoms with Gasteiger partial charge in [-0.05, 0) is 18.1 Å². The first-order valence-electron chi connectivity index (χ1n) is 4.85. The maximum Gasteiger partial charge on any atom is 0.253 e. The molecule has 0 unspecified atom stereocenters. The monoisotopic (exact) mass is 201 g/mol. The summed E-state index contributed by atoms with van der Waals surface area (Å²) in [6.07, 6.45) is 2.74. The molecule has 1 N–H and O–H groups in total. The lowest BCUT2D eigenvalue weighted by atomic mass is 10.0. The smallest absolute Gasteiger partial charge is 0.253 e. The molecule has 1 aliphatic rings. The number of carbonyl (C=O) groups excluding carboxylic acids is 2. The largest absolute Gasteiger partial charge is 0.293 e. The van der Waals surface area contributed by atoms with Crippen LogP contribution in [0.25, 0.3) is 6.08 Å². The van der Waals surface area contributed by atoms with Crippen molar-refractivity contribution in [1.29, 1.82) is 0 Å². The summed E-state index contributed by atoms with van der Waals surface area (Å²) in [5, 5.41) is 2.30. The number of nitrogens with one attached hydrogen (secondary N) is 1. The van der Waals surface area contributed by atoms with Gasteiger partial charge in [0, 0.05) is 12.0 Å². The van der Waals surface area contributed by atoms with E-state index < -0.39 is 0 Å². The van der Waals surface area contributed by atoms with Crippen LogP contribution in [-0.2, 0) is 9.59 Å². The highest BCUT2D eigenvalue weighted by atomic mass is 16.2. The van der Waals surface area contributed by atoms with Crippen LogP contribution in [-0.4, -0.2) is 11.8 Å². The molecule has 1 aromatic rings. The molecule has 0 atom stereocenters. The molecule has 0 radical (unpaired) electrons. The molecule has 0 saturated carbocycles. The van der Waals surface area contributed by atoms with Crippen LogP contribution in [0, 0.1) is 0 Å². The first-order valence-corrected chi connectivity index (χ1v) is 4.85. The Kier molecular flexibility index (Phi) is 2.63. The number of benzene rings is 1. The van der Waals surface area contributed by atoms with Gasteiger partial charge in [0.15, 0.2) is 0 Å². The fourth-order valence-electron chi connectivity index (χ4n) is 1.52. The number of amides is 2. The second-order valence-electron chi connectivity index (χ2n) is 3.46. The third-order valence-electron chi connectivity index (χ3n) is 2.31. The zero-order chi connectivity index (χ0) is 10.7. The second-order valence-corrected chi connectivity index (χ2v) is 3.46. The molecule has 3 nitrogen and oxygen atoms in total. The van der Waals surface area contributed by atoms with Gasteiger partial charge in [-0.3, -0.25) is 14.9 Å². The van der Waals surface area contributed by atoms with E-state index in [0.717, 1.165) is 5.56 Å². The molecule has 0 bridgehead atoms. The third kappa shape index (κ3) is 2.31. The molecule has 2 amide bonds. The van der Waals surface area contributed by atoms with Crippen molar-refractivity contribution in [1.82, 2.24) is 5.32 Å². The lowest BCUT2D eigenvalue weighted by Crippen LogP contribution is -2.35. The average molecular weight is 201 g/mol. The van der Waals surface area contributed by atoms with Gasteiger partial charge < -0.3 is 0 Å². The van der Waals surface area contributed by atoms with Crippen LogP contribution in [0.4, 0.5) is 0 Å². The van der Waals surface area contributed by atoms with Gasteiger partial charge >= 0.3 is 0 Å². The summed E-state index contributed by atoms with van der Waals surface area (Å²) in [4.78, 5) is 22.3. The van der Waals surface area contributed by atoms with Gasteiger partial charge in [0.25, 0.3) is 5.91 Å². The van der Waals surface area contributed by atoms with Crippen LogP contribution in [0.2, 0.25) is 0 Å². The summed E-state index contributed by atoms with van der Waals surface area (Å²) in [7, 11) is 0. The molecule has 76 valence electrons. The summed E-state index contributed by atoms with van der Waals surface area (Å²) >= 11 is 0. The summed E-state index contributed by atoms with van der Waals surface area (Å²) in [5.41, 5.74) is 1.65. The number of rotatable bonds is 1. The molecule has 1 aromatic carbocycles. The van der Waals surface area contributed by atoms with Crippen molar-refractivity contribution in [3.05, 3.63) is 41.5 Å². The Morgan fingerprint density at radius 2 is 1.80 bits per heavy atom. The minimum absolute atomic E-state index is 0.190. The van der Waals surface area contributed by atoms with E-state index in [-0.39, 0.29) is 11.8 Å². The first-order chi connectivity index (χ1) is 7.25. The van der Waals surface area contributed by atoms with Gasteiger partial charge in [0.1, 0.15) is 0 Å². The van der Waals surface area contributed by atoms with Crippen molar-refractivity contribution in [3.8, 4) is 0 Å². The first kappa shape index (κ1) is 9.65. The van der Waals surface area contributed by atoms with Crippen LogP contribution in [0.1, 0.15) is 18.4 Å². The molecule has 1 saturated heterocycles. The maximum absolute atomic E-state index is 11.4. The number of imide groups is 1. The molecule has 2 rings (SSSR count). The van der Waals surface area contributed by atoms with Gasteiger partial charge in [0.05, 0.1) is 0 Å². The minimum atomic E-state index is -0.268. The summed E-state index contributed by atoms with van der Waals surface area (Å²) in [5.74, 6) is -0.458. The topological polar surface area (TPSA) is 46.2 Å². The Bertz CT molecular complexity index is 421. The van der Waals surface area contributed by atoms with E-state index in [1.54, 1.807) is 0 Å². The normalized spacial score (nSPS) is 19.1. The van der Waals surface area contributed by atoms with Gasteiger partial charge in [-0.1, -0.05) is 30.3 Å². The second kappa shape index (κ2) is 4.09. The van der Waals surface area contributed by atoms with Crippen LogP contribution in [0.15, 0.2) is 35.9 Å². The van der Waals surface area contributed by atoms with E-state index in [0.29, 0.717) is 18.4 Å². The van der Waals surface area contributed by atoms with Gasteiger partial charge in [0.2, 0.25) is 5.91 Å². The summed E-state index contributed by atoms with van der Waals surface area (Å²) in [6.45, 7) is 0. The Morgan fingerprint density at radius 1 is 1.07 bits per heavy atom. The number of piperidine rings is 1. The predicted molar refractivity (Wildman–Crippen MR) is 56.8 cm³/mol. The highest BCUT2D eigenvalue weighted by Gasteiger charge is 2.19. The van der Waals surface area contributed by atoms with Crippen molar-refractivity contribution in [3.63, 3.8) is 0 Å². The Balaban J connectivity index is 2.21. The lowest BCUT2D eigenvalue weighted by molar-refractivity contribution is -0.130. The predicted octanol–water partition coefficient (Wildman–Crippen LogP) is 1.51. The number of carbonyl (C=O) groups is 2. The van der Waals surface area contributed by atoms with E-state index in [2.05, 4.69) is 5.32 Å². The Hall–Kier alpha value is -1.90. The minimum Gasteiger partial charge on any atom is -0.293 e. The molecular formula is C12H11NO2. The van der Waals surface area contributed by atoms with Crippen LogP contribution >= 0.6 is 0 Å². The molecule has 0 aromatic heterocycles. The van der Waals surface area contributed by atoms with Crippen LogP contribution in [0.3, 0.4) is 0 Å². The Morgan fingerprint density at radius 3 is 2.47 bits per heavy atom. The van der Waals surface area contributed by atoms with Crippen LogP contribution < -0.4 is 5.32 Å². The molecule has 1 aliphatic heterocycles. The van der Waals surface area contributed by atoms with Crippen molar-refractivity contribution >= 4 is 17.9 Å². The van der Waals surface area contributed by atoms with Crippen molar-refractivity contribution in [2.24, 2.45) is 0 Å². The third-order valence-corrected chi connectivity index (χ3v) is 2.31. The van der Waals surface area contributed by atoms with Gasteiger partial charge in [-0.2, -0.15) is 0 Å². The SMILES string of the molecule is O=C1CCC(=Cc2ccccc2)C(=O)N1. The molecule has 1 fully saturated rings.